The van der Waals surface area contributed by atoms with Gasteiger partial charge in [0.05, 0.1) is 19.1 Å². The highest BCUT2D eigenvalue weighted by atomic mass is 35.5. The van der Waals surface area contributed by atoms with Gasteiger partial charge < -0.3 is 18.7 Å². The van der Waals surface area contributed by atoms with Crippen molar-refractivity contribution in [2.24, 2.45) is 0 Å². The Bertz CT molecular complexity index is 1250. The Morgan fingerprint density at radius 2 is 1.84 bits per heavy atom. The number of carbonyl (C=O) groups is 1. The fourth-order valence-electron chi connectivity index (χ4n) is 3.06. The van der Waals surface area contributed by atoms with Crippen LogP contribution in [0.2, 0.25) is 5.02 Å². The van der Waals surface area contributed by atoms with Gasteiger partial charge in [0.25, 0.3) is 15.9 Å². The predicted molar refractivity (Wildman–Crippen MR) is 120 cm³/mol. The van der Waals surface area contributed by atoms with Crippen molar-refractivity contribution in [1.29, 1.82) is 0 Å². The summed E-state index contributed by atoms with van der Waals surface area (Å²) in [7, 11) is 0.166. The minimum absolute atomic E-state index is 0.00843. The van der Waals surface area contributed by atoms with E-state index in [-0.39, 0.29) is 20.7 Å². The van der Waals surface area contributed by atoms with Gasteiger partial charge in [-0.15, -0.1) is 11.3 Å². The SMILES string of the molecule is COc1cc(C)c(C(OC)C(=O)c2sccc2S(=O)(=O)Nc2onc(C)c2Cl)cc1OC. The summed E-state index contributed by atoms with van der Waals surface area (Å²) in [6.07, 6.45) is -1.07. The number of ketones is 1. The molecule has 0 aliphatic heterocycles. The van der Waals surface area contributed by atoms with Gasteiger partial charge in [0, 0.05) is 7.11 Å². The van der Waals surface area contributed by atoms with Gasteiger partial charge >= 0.3 is 0 Å². The average Bonchev–Trinajstić information content (AvgIpc) is 3.38. The van der Waals surface area contributed by atoms with Gasteiger partial charge in [0.1, 0.15) is 21.7 Å². The fourth-order valence-corrected chi connectivity index (χ4v) is 5.63. The molecule has 1 atom stereocenters. The number of nitrogens with zero attached hydrogens (tertiary/aromatic N) is 1. The van der Waals surface area contributed by atoms with E-state index in [9.17, 15) is 13.2 Å². The lowest BCUT2D eigenvalue weighted by atomic mass is 9.98. The maximum absolute atomic E-state index is 13.4. The summed E-state index contributed by atoms with van der Waals surface area (Å²) in [5.74, 6) is 0.156. The maximum Gasteiger partial charge on any atom is 0.265 e. The van der Waals surface area contributed by atoms with E-state index in [4.69, 9.17) is 30.3 Å². The molecule has 0 saturated heterocycles. The third-order valence-electron chi connectivity index (χ3n) is 4.69. The molecule has 3 aromatic rings. The van der Waals surface area contributed by atoms with Gasteiger partial charge in [-0.2, -0.15) is 0 Å². The second-order valence-corrected chi connectivity index (χ2v) is 9.62. The van der Waals surface area contributed by atoms with Gasteiger partial charge in [-0.1, -0.05) is 16.8 Å². The van der Waals surface area contributed by atoms with Crippen LogP contribution < -0.4 is 14.2 Å². The Hall–Kier alpha value is -2.60. The molecule has 0 radical (unpaired) electrons. The van der Waals surface area contributed by atoms with Crippen LogP contribution in [0, 0.1) is 13.8 Å². The van der Waals surface area contributed by atoms with Crippen LogP contribution in [0.3, 0.4) is 0 Å². The highest BCUT2D eigenvalue weighted by Crippen LogP contribution is 2.37. The Kier molecular flexibility index (Phi) is 7.13. The molecule has 0 bridgehead atoms. The zero-order valence-corrected chi connectivity index (χ0v) is 20.3. The van der Waals surface area contributed by atoms with Crippen LogP contribution in [-0.2, 0) is 14.8 Å². The molecule has 0 amide bonds. The summed E-state index contributed by atoms with van der Waals surface area (Å²) in [5, 5.41) is 5.16. The molecule has 9 nitrogen and oxygen atoms in total. The molecule has 2 aromatic heterocycles. The van der Waals surface area contributed by atoms with E-state index in [1.165, 1.54) is 32.8 Å². The lowest BCUT2D eigenvalue weighted by Crippen LogP contribution is -2.20. The number of thiophene rings is 1. The zero-order chi connectivity index (χ0) is 23.6. The molecule has 0 aliphatic carbocycles. The quantitative estimate of drug-likeness (QED) is 0.430. The Balaban J connectivity index is 2.00. The van der Waals surface area contributed by atoms with E-state index in [1.54, 1.807) is 26.0 Å². The summed E-state index contributed by atoms with van der Waals surface area (Å²) in [5.41, 5.74) is 1.56. The van der Waals surface area contributed by atoms with Gasteiger partial charge in [-0.25, -0.2) is 13.1 Å². The molecule has 0 aliphatic rings. The van der Waals surface area contributed by atoms with E-state index in [0.717, 1.165) is 11.3 Å². The van der Waals surface area contributed by atoms with Crippen LogP contribution in [0.25, 0.3) is 0 Å². The van der Waals surface area contributed by atoms with Crippen molar-refractivity contribution in [2.75, 3.05) is 26.1 Å². The van der Waals surface area contributed by atoms with E-state index >= 15 is 0 Å². The number of Topliss-reactive ketones (excluding diaryl/α,β-unsaturated/α-hetero) is 1. The molecule has 1 N–H and O–H groups in total. The largest absolute Gasteiger partial charge is 0.493 e. The minimum atomic E-state index is -4.19. The standard InChI is InChI=1S/C20H21ClN2O7S2/c1-10-8-13(27-3)14(28-4)9-12(10)18(29-5)17(24)19-15(6-7-31-19)32(25,26)23-20-16(21)11(2)22-30-20/h6-9,18,23H,1-5H3. The fraction of sp³-hybridized carbons (Fsp3) is 0.300. The number of hydrogen-bond donors (Lipinski definition) is 1. The molecule has 2 heterocycles. The van der Waals surface area contributed by atoms with Crippen LogP contribution in [0.5, 0.6) is 11.5 Å². The number of ether oxygens (including phenoxy) is 3. The van der Waals surface area contributed by atoms with Crippen molar-refractivity contribution in [3.8, 4) is 11.5 Å². The molecule has 12 heteroatoms. The maximum atomic E-state index is 13.4. The van der Waals surface area contributed by atoms with Crippen molar-refractivity contribution < 1.29 is 31.9 Å². The molecule has 1 aromatic carbocycles. The Morgan fingerprint density at radius 3 is 2.41 bits per heavy atom. The van der Waals surface area contributed by atoms with E-state index in [2.05, 4.69) is 9.88 Å². The first kappa shape index (κ1) is 24.1. The summed E-state index contributed by atoms with van der Waals surface area (Å²) >= 11 is 7.00. The molecular weight excluding hydrogens is 480 g/mol. The molecule has 0 saturated carbocycles. The molecule has 1 unspecified atom stereocenters. The van der Waals surface area contributed by atoms with E-state index < -0.39 is 21.9 Å². The van der Waals surface area contributed by atoms with Crippen LogP contribution in [0.15, 0.2) is 33.0 Å². The number of benzene rings is 1. The third kappa shape index (κ3) is 4.46. The van der Waals surface area contributed by atoms with Gasteiger partial charge in [-0.3, -0.25) is 4.79 Å². The monoisotopic (exact) mass is 500 g/mol. The predicted octanol–water partition coefficient (Wildman–Crippen LogP) is 4.39. The van der Waals surface area contributed by atoms with Crippen LogP contribution >= 0.6 is 22.9 Å². The number of sulfonamides is 1. The smallest absolute Gasteiger partial charge is 0.265 e. The van der Waals surface area contributed by atoms with Gasteiger partial charge in [-0.05, 0) is 48.6 Å². The van der Waals surface area contributed by atoms with Crippen LogP contribution in [0.4, 0.5) is 5.88 Å². The Labute approximate surface area is 194 Å². The number of methoxy groups -OCH3 is 3. The minimum Gasteiger partial charge on any atom is -0.493 e. The number of nitrogens with one attached hydrogen (secondary N) is 1. The highest BCUT2D eigenvalue weighted by Gasteiger charge is 2.32. The molecule has 172 valence electrons. The van der Waals surface area contributed by atoms with Crippen molar-refractivity contribution in [2.45, 2.75) is 24.8 Å². The van der Waals surface area contributed by atoms with Crippen LogP contribution in [0.1, 0.15) is 32.6 Å². The number of anilines is 1. The van der Waals surface area contributed by atoms with Crippen molar-refractivity contribution in [1.82, 2.24) is 5.16 Å². The number of rotatable bonds is 9. The van der Waals surface area contributed by atoms with Gasteiger partial charge in [0.2, 0.25) is 5.78 Å². The van der Waals surface area contributed by atoms with E-state index in [1.807, 2.05) is 0 Å². The van der Waals surface area contributed by atoms with Crippen molar-refractivity contribution in [3.05, 3.63) is 50.3 Å². The third-order valence-corrected chi connectivity index (χ3v) is 7.57. The lowest BCUT2D eigenvalue weighted by molar-refractivity contribution is 0.0603. The average molecular weight is 501 g/mol. The second-order valence-electron chi connectivity index (χ2n) is 6.67. The number of halogens is 1. The molecular formula is C20H21ClN2O7S2. The number of aryl methyl sites for hydroxylation is 2. The second kappa shape index (κ2) is 9.49. The summed E-state index contributed by atoms with van der Waals surface area (Å²) < 4.78 is 49.2. The van der Waals surface area contributed by atoms with Crippen LogP contribution in [-0.4, -0.2) is 40.7 Å². The number of carbonyl (C=O) groups excluding carboxylic acids is 1. The highest BCUT2D eigenvalue weighted by molar-refractivity contribution is 7.93. The first-order chi connectivity index (χ1) is 15.1. The number of hydrogen-bond acceptors (Lipinski definition) is 9. The zero-order valence-electron chi connectivity index (χ0n) is 17.9. The summed E-state index contributed by atoms with van der Waals surface area (Å²) in [4.78, 5) is 13.2. The summed E-state index contributed by atoms with van der Waals surface area (Å²) in [6.45, 7) is 3.36. The van der Waals surface area contributed by atoms with Crippen molar-refractivity contribution >= 4 is 44.6 Å². The Morgan fingerprint density at radius 1 is 1.19 bits per heavy atom. The summed E-state index contributed by atoms with van der Waals surface area (Å²) in [6, 6.07) is 4.68. The molecule has 32 heavy (non-hydrogen) atoms. The molecule has 0 fully saturated rings. The lowest BCUT2D eigenvalue weighted by Gasteiger charge is -2.19. The number of aromatic nitrogens is 1. The molecule has 3 rings (SSSR count). The first-order valence-electron chi connectivity index (χ1n) is 9.16. The van der Waals surface area contributed by atoms with Crippen molar-refractivity contribution in [3.63, 3.8) is 0 Å². The van der Waals surface area contributed by atoms with Gasteiger partial charge in [0.15, 0.2) is 11.5 Å². The topological polar surface area (TPSA) is 117 Å². The normalized spacial score (nSPS) is 12.4. The first-order valence-corrected chi connectivity index (χ1v) is 11.9. The molecule has 0 spiro atoms. The van der Waals surface area contributed by atoms with E-state index in [0.29, 0.717) is 28.3 Å².